The number of nitrogens with zero attached hydrogens (tertiary/aromatic N) is 2. The third-order valence-corrected chi connectivity index (χ3v) is 4.57. The Morgan fingerprint density at radius 2 is 1.80 bits per heavy atom. The van der Waals surface area contributed by atoms with Crippen molar-refractivity contribution in [3.8, 4) is 0 Å². The molecule has 10 heteroatoms. The van der Waals surface area contributed by atoms with Crippen molar-refractivity contribution < 1.29 is 17.6 Å². The summed E-state index contributed by atoms with van der Waals surface area (Å²) in [5.74, 6) is -1.00. The number of amides is 1. The van der Waals surface area contributed by atoms with E-state index in [0.29, 0.717) is 0 Å². The summed E-state index contributed by atoms with van der Waals surface area (Å²) in [6.07, 6.45) is 1.24. The smallest absolute Gasteiger partial charge is 0.261 e. The minimum atomic E-state index is -3.98. The van der Waals surface area contributed by atoms with Crippen LogP contribution in [0.5, 0.6) is 0 Å². The number of carbonyl (C=O) groups is 1. The molecule has 0 atom stereocenters. The van der Waals surface area contributed by atoms with E-state index in [-0.39, 0.29) is 22.1 Å². The van der Waals surface area contributed by atoms with Crippen molar-refractivity contribution in [3.05, 3.63) is 66.2 Å². The van der Waals surface area contributed by atoms with Crippen molar-refractivity contribution in [2.24, 2.45) is 0 Å². The summed E-state index contributed by atoms with van der Waals surface area (Å²) in [7, 11) is -3.98. The molecule has 3 rings (SSSR count). The van der Waals surface area contributed by atoms with Crippen LogP contribution in [0.3, 0.4) is 0 Å². The average Bonchev–Trinajstić information content (AvgIpc) is 3.10. The first-order valence-electron chi connectivity index (χ1n) is 7.00. The first-order valence-corrected chi connectivity index (χ1v) is 8.48. The number of sulfonamides is 1. The van der Waals surface area contributed by atoms with Crippen molar-refractivity contribution in [1.82, 2.24) is 15.2 Å². The molecule has 0 aliphatic rings. The molecule has 0 saturated carbocycles. The summed E-state index contributed by atoms with van der Waals surface area (Å²) in [5.41, 5.74) is 0.0656. The number of hydrogen-bond donors (Lipinski definition) is 3. The summed E-state index contributed by atoms with van der Waals surface area (Å²) in [6, 6.07) is 10.6. The van der Waals surface area contributed by atoms with E-state index in [0.717, 1.165) is 6.07 Å². The minimum Gasteiger partial charge on any atom is -0.291 e. The molecule has 128 valence electrons. The van der Waals surface area contributed by atoms with Gasteiger partial charge < -0.3 is 0 Å². The van der Waals surface area contributed by atoms with E-state index in [9.17, 15) is 17.6 Å². The molecule has 1 amide bonds. The number of halogens is 1. The second-order valence-electron chi connectivity index (χ2n) is 4.90. The fourth-order valence-electron chi connectivity index (χ4n) is 1.98. The Balaban J connectivity index is 1.77. The van der Waals surface area contributed by atoms with Crippen LogP contribution in [0.15, 0.2) is 59.8 Å². The van der Waals surface area contributed by atoms with Crippen molar-refractivity contribution in [3.63, 3.8) is 0 Å². The lowest BCUT2D eigenvalue weighted by Crippen LogP contribution is -2.15. The molecule has 25 heavy (non-hydrogen) atoms. The van der Waals surface area contributed by atoms with Gasteiger partial charge in [-0.05, 0) is 36.4 Å². The second-order valence-corrected chi connectivity index (χ2v) is 6.58. The number of para-hydroxylation sites is 1. The maximum absolute atomic E-state index is 13.6. The predicted molar refractivity (Wildman–Crippen MR) is 88.0 cm³/mol. The molecule has 0 unspecified atom stereocenters. The lowest BCUT2D eigenvalue weighted by molar-refractivity contribution is 0.102. The number of aromatic amines is 1. The first-order chi connectivity index (χ1) is 12.0. The third-order valence-electron chi connectivity index (χ3n) is 3.19. The molecule has 1 aromatic heterocycles. The van der Waals surface area contributed by atoms with E-state index >= 15 is 0 Å². The van der Waals surface area contributed by atoms with Gasteiger partial charge in [0, 0.05) is 5.56 Å². The van der Waals surface area contributed by atoms with Gasteiger partial charge in [0.25, 0.3) is 15.9 Å². The number of hydrogen-bond acceptors (Lipinski definition) is 5. The Morgan fingerprint density at radius 3 is 2.44 bits per heavy atom. The summed E-state index contributed by atoms with van der Waals surface area (Å²) < 4.78 is 40.3. The topological polar surface area (TPSA) is 117 Å². The molecule has 0 aliphatic carbocycles. The Bertz CT molecular complexity index is 988. The largest absolute Gasteiger partial charge is 0.291 e. The number of carbonyl (C=O) groups excluding carboxylic acids is 1. The normalized spacial score (nSPS) is 11.1. The molecule has 0 aliphatic heterocycles. The predicted octanol–water partition coefficient (Wildman–Crippen LogP) is 2.00. The van der Waals surface area contributed by atoms with Crippen LogP contribution in [-0.2, 0) is 10.0 Å². The van der Waals surface area contributed by atoms with Crippen LogP contribution < -0.4 is 10.0 Å². The van der Waals surface area contributed by atoms with Gasteiger partial charge >= 0.3 is 0 Å². The molecule has 3 aromatic rings. The summed E-state index contributed by atoms with van der Waals surface area (Å²) in [6.45, 7) is 0. The van der Waals surface area contributed by atoms with E-state index in [4.69, 9.17) is 0 Å². The summed E-state index contributed by atoms with van der Waals surface area (Å²) in [5, 5.41) is 8.53. The van der Waals surface area contributed by atoms with Crippen molar-refractivity contribution in [2.75, 3.05) is 10.0 Å². The molecule has 0 radical (unpaired) electrons. The highest BCUT2D eigenvalue weighted by atomic mass is 32.2. The van der Waals surface area contributed by atoms with Crippen LogP contribution in [0.25, 0.3) is 0 Å². The van der Waals surface area contributed by atoms with Gasteiger partial charge in [0.05, 0.1) is 10.6 Å². The molecule has 8 nitrogen and oxygen atoms in total. The molecular formula is C15H12FN5O3S. The fraction of sp³-hybridized carbons (Fsp3) is 0. The van der Waals surface area contributed by atoms with Gasteiger partial charge in [-0.2, -0.15) is 10.1 Å². The first kappa shape index (κ1) is 16.6. The average molecular weight is 361 g/mol. The standard InChI is InChI=1S/C15H12FN5O3S/c16-12-3-1-2-4-13(12)21-25(23,24)11-7-5-10(6-8-11)14(22)19-15-17-9-18-20-15/h1-9,21H,(H2,17,18,19,20,22). The molecule has 0 bridgehead atoms. The number of anilines is 2. The molecule has 0 spiro atoms. The van der Waals surface area contributed by atoms with Crippen LogP contribution in [0.2, 0.25) is 0 Å². The third kappa shape index (κ3) is 3.80. The zero-order valence-electron chi connectivity index (χ0n) is 12.6. The zero-order valence-corrected chi connectivity index (χ0v) is 13.4. The van der Waals surface area contributed by atoms with Gasteiger partial charge in [-0.15, -0.1) is 0 Å². The lowest BCUT2D eigenvalue weighted by atomic mass is 10.2. The molecule has 2 aromatic carbocycles. The molecule has 0 fully saturated rings. The quantitative estimate of drug-likeness (QED) is 0.642. The van der Waals surface area contributed by atoms with Crippen molar-refractivity contribution in [1.29, 1.82) is 0 Å². The second kappa shape index (κ2) is 6.69. The number of H-pyrrole nitrogens is 1. The maximum atomic E-state index is 13.6. The van der Waals surface area contributed by atoms with Crippen LogP contribution in [-0.4, -0.2) is 29.5 Å². The maximum Gasteiger partial charge on any atom is 0.261 e. The molecular weight excluding hydrogens is 349 g/mol. The van der Waals surface area contributed by atoms with E-state index in [2.05, 4.69) is 25.2 Å². The Morgan fingerprint density at radius 1 is 1.08 bits per heavy atom. The van der Waals surface area contributed by atoms with Gasteiger partial charge in [-0.25, -0.2) is 17.9 Å². The number of benzene rings is 2. The Hall–Kier alpha value is -3.27. The van der Waals surface area contributed by atoms with Gasteiger partial charge in [0.1, 0.15) is 12.1 Å². The number of rotatable bonds is 5. The van der Waals surface area contributed by atoms with Crippen LogP contribution in [0.1, 0.15) is 10.4 Å². The van der Waals surface area contributed by atoms with Gasteiger partial charge in [0.15, 0.2) is 0 Å². The monoisotopic (exact) mass is 361 g/mol. The molecule has 0 saturated heterocycles. The van der Waals surface area contributed by atoms with E-state index in [1.54, 1.807) is 0 Å². The minimum absolute atomic E-state index is 0.105. The van der Waals surface area contributed by atoms with E-state index in [1.807, 2.05) is 0 Å². The van der Waals surface area contributed by atoms with Gasteiger partial charge in [-0.3, -0.25) is 14.8 Å². The SMILES string of the molecule is O=C(Nc1ncn[nH]1)c1ccc(S(=O)(=O)Nc2ccccc2F)cc1. The van der Waals surface area contributed by atoms with Crippen LogP contribution in [0.4, 0.5) is 16.0 Å². The van der Waals surface area contributed by atoms with Crippen LogP contribution in [0, 0.1) is 5.82 Å². The Kier molecular flexibility index (Phi) is 4.44. The highest BCUT2D eigenvalue weighted by Crippen LogP contribution is 2.19. The summed E-state index contributed by atoms with van der Waals surface area (Å²) >= 11 is 0. The lowest BCUT2D eigenvalue weighted by Gasteiger charge is -2.09. The fourth-order valence-corrected chi connectivity index (χ4v) is 3.05. The zero-order chi connectivity index (χ0) is 17.9. The van der Waals surface area contributed by atoms with Crippen molar-refractivity contribution in [2.45, 2.75) is 4.90 Å². The summed E-state index contributed by atoms with van der Waals surface area (Å²) in [4.78, 5) is 15.6. The van der Waals surface area contributed by atoms with E-state index in [1.165, 1.54) is 48.8 Å². The molecule has 1 heterocycles. The van der Waals surface area contributed by atoms with E-state index < -0.39 is 21.7 Å². The number of aromatic nitrogens is 3. The highest BCUT2D eigenvalue weighted by molar-refractivity contribution is 7.92. The molecule has 3 N–H and O–H groups in total. The van der Waals surface area contributed by atoms with Crippen LogP contribution >= 0.6 is 0 Å². The van der Waals surface area contributed by atoms with Crippen molar-refractivity contribution >= 4 is 27.6 Å². The van der Waals surface area contributed by atoms with Gasteiger partial charge in [0.2, 0.25) is 5.95 Å². The highest BCUT2D eigenvalue weighted by Gasteiger charge is 2.17. The Labute approximate surface area is 142 Å². The number of nitrogens with one attached hydrogen (secondary N) is 3. The van der Waals surface area contributed by atoms with Gasteiger partial charge in [-0.1, -0.05) is 12.1 Å².